The van der Waals surface area contributed by atoms with Gasteiger partial charge in [0.05, 0.1) is 0 Å². The fourth-order valence-electron chi connectivity index (χ4n) is 0.785. The van der Waals surface area contributed by atoms with Gasteiger partial charge in [0, 0.05) is 25.4 Å². The van der Waals surface area contributed by atoms with E-state index in [9.17, 15) is 14.4 Å². The van der Waals surface area contributed by atoms with E-state index < -0.39 is 24.3 Å². The highest BCUT2D eigenvalue weighted by molar-refractivity contribution is 7.80. The number of carbonyl (C=O) groups is 3. The van der Waals surface area contributed by atoms with Crippen LogP contribution in [0.25, 0.3) is 0 Å². The van der Waals surface area contributed by atoms with Crippen molar-refractivity contribution in [1.29, 1.82) is 0 Å². The quantitative estimate of drug-likeness (QED) is 0.200. The van der Waals surface area contributed by atoms with Gasteiger partial charge in [-0.05, 0) is 0 Å². The lowest BCUT2D eigenvalue weighted by atomic mass is 10.5. The monoisotopic (exact) mass is 249 g/mol. The molecule has 0 unspecified atom stereocenters. The molecule has 0 aliphatic rings. The number of aliphatic carboxylic acids is 1. The molecule has 0 heterocycles. The Kier molecular flexibility index (Phi) is 8.26. The Hall–Kier alpha value is -1.28. The van der Waals surface area contributed by atoms with Crippen molar-refractivity contribution in [1.82, 2.24) is 16.0 Å². The summed E-state index contributed by atoms with van der Waals surface area (Å²) in [5.74, 6) is -2.30. The number of rotatable bonds is 7. The summed E-state index contributed by atoms with van der Waals surface area (Å²) in [7, 11) is 0. The van der Waals surface area contributed by atoms with Gasteiger partial charge in [0.2, 0.25) is 0 Å². The number of carbonyl (C=O) groups excluding carboxylic acids is 2. The van der Waals surface area contributed by atoms with Crippen LogP contribution in [0.2, 0.25) is 0 Å². The van der Waals surface area contributed by atoms with E-state index in [4.69, 9.17) is 5.11 Å². The minimum atomic E-state index is -1.20. The van der Waals surface area contributed by atoms with Gasteiger partial charge in [-0.3, -0.25) is 14.4 Å². The molecule has 0 radical (unpaired) electrons. The lowest BCUT2D eigenvalue weighted by molar-refractivity contribution is -0.142. The molecule has 0 rings (SSSR count). The molecular formula is C8H15N3O4S. The largest absolute Gasteiger partial charge is 0.480 e. The fourth-order valence-corrected chi connectivity index (χ4v) is 0.943. The minimum absolute atomic E-state index is 0.299. The average molecular weight is 249 g/mol. The molecule has 0 aliphatic carbocycles. The SMILES string of the molecule is O=C(O)CNC(=O)C(=O)NCCNCCS. The summed E-state index contributed by atoms with van der Waals surface area (Å²) in [5.41, 5.74) is 0. The molecule has 16 heavy (non-hydrogen) atoms. The Morgan fingerprint density at radius 1 is 1.00 bits per heavy atom. The first-order valence-electron chi connectivity index (χ1n) is 4.67. The predicted octanol–water partition coefficient (Wildman–Crippen LogP) is -2.18. The Bertz CT molecular complexity index is 260. The maximum atomic E-state index is 11.0. The second-order valence-electron chi connectivity index (χ2n) is 2.81. The standard InChI is InChI=1S/C8H15N3O4S/c12-6(13)5-11-8(15)7(14)10-2-1-9-3-4-16/h9,16H,1-5H2,(H,10,14)(H,11,15)(H,12,13). The van der Waals surface area contributed by atoms with Crippen LogP contribution in [-0.4, -0.2) is 54.8 Å². The Morgan fingerprint density at radius 2 is 1.62 bits per heavy atom. The molecule has 0 aromatic heterocycles. The number of amides is 2. The maximum absolute atomic E-state index is 11.0. The highest BCUT2D eigenvalue weighted by Crippen LogP contribution is 1.71. The molecule has 0 bridgehead atoms. The Balaban J connectivity index is 3.55. The van der Waals surface area contributed by atoms with Crippen molar-refractivity contribution in [3.05, 3.63) is 0 Å². The summed E-state index contributed by atoms with van der Waals surface area (Å²) in [4.78, 5) is 32.1. The van der Waals surface area contributed by atoms with Crippen molar-refractivity contribution in [3.63, 3.8) is 0 Å². The van der Waals surface area contributed by atoms with Crippen molar-refractivity contribution < 1.29 is 19.5 Å². The number of thiol groups is 1. The zero-order valence-electron chi connectivity index (χ0n) is 8.65. The Morgan fingerprint density at radius 3 is 2.19 bits per heavy atom. The van der Waals surface area contributed by atoms with Gasteiger partial charge in [0.15, 0.2) is 0 Å². The van der Waals surface area contributed by atoms with Crippen LogP contribution in [0.4, 0.5) is 0 Å². The topological polar surface area (TPSA) is 108 Å². The van der Waals surface area contributed by atoms with Crippen LogP contribution in [0.1, 0.15) is 0 Å². The average Bonchev–Trinajstić information content (AvgIpc) is 2.25. The van der Waals surface area contributed by atoms with E-state index in [0.29, 0.717) is 25.4 Å². The van der Waals surface area contributed by atoms with Gasteiger partial charge in [-0.25, -0.2) is 0 Å². The van der Waals surface area contributed by atoms with E-state index >= 15 is 0 Å². The van der Waals surface area contributed by atoms with Crippen molar-refractivity contribution in [2.75, 3.05) is 31.9 Å². The molecule has 0 aromatic carbocycles. The van der Waals surface area contributed by atoms with Crippen molar-refractivity contribution in [2.24, 2.45) is 0 Å². The molecule has 0 fully saturated rings. The molecule has 0 saturated carbocycles. The summed E-state index contributed by atoms with van der Waals surface area (Å²) in [6, 6.07) is 0. The van der Waals surface area contributed by atoms with Crippen LogP contribution in [0.3, 0.4) is 0 Å². The van der Waals surface area contributed by atoms with Crippen LogP contribution in [-0.2, 0) is 14.4 Å². The molecule has 92 valence electrons. The number of hydrogen-bond donors (Lipinski definition) is 5. The normalized spacial score (nSPS) is 9.56. The van der Waals surface area contributed by atoms with E-state index in [1.807, 2.05) is 5.32 Å². The van der Waals surface area contributed by atoms with E-state index in [2.05, 4.69) is 23.3 Å². The predicted molar refractivity (Wildman–Crippen MR) is 60.4 cm³/mol. The molecule has 0 saturated heterocycles. The number of carboxylic acids is 1. The van der Waals surface area contributed by atoms with Crippen LogP contribution >= 0.6 is 12.6 Å². The lowest BCUT2D eigenvalue weighted by Gasteiger charge is -2.05. The van der Waals surface area contributed by atoms with Gasteiger partial charge in [0.1, 0.15) is 6.54 Å². The zero-order valence-corrected chi connectivity index (χ0v) is 9.55. The molecule has 7 nitrogen and oxygen atoms in total. The van der Waals surface area contributed by atoms with Crippen molar-refractivity contribution in [2.45, 2.75) is 0 Å². The lowest BCUT2D eigenvalue weighted by Crippen LogP contribution is -2.43. The van der Waals surface area contributed by atoms with Gasteiger partial charge in [-0.1, -0.05) is 0 Å². The minimum Gasteiger partial charge on any atom is -0.480 e. The van der Waals surface area contributed by atoms with E-state index in [-0.39, 0.29) is 0 Å². The van der Waals surface area contributed by atoms with Gasteiger partial charge in [-0.2, -0.15) is 12.6 Å². The molecule has 0 aliphatic heterocycles. The highest BCUT2D eigenvalue weighted by Gasteiger charge is 2.12. The fraction of sp³-hybridized carbons (Fsp3) is 0.625. The summed E-state index contributed by atoms with van der Waals surface area (Å²) >= 11 is 3.97. The molecule has 2 amide bonds. The van der Waals surface area contributed by atoms with E-state index in [0.717, 1.165) is 0 Å². The number of carboxylic acid groups (broad SMARTS) is 1. The number of hydrogen-bond acceptors (Lipinski definition) is 5. The third-order valence-electron chi connectivity index (χ3n) is 1.48. The van der Waals surface area contributed by atoms with Gasteiger partial charge in [-0.15, -0.1) is 0 Å². The summed E-state index contributed by atoms with van der Waals surface area (Å²) < 4.78 is 0. The number of nitrogens with one attached hydrogen (secondary N) is 3. The van der Waals surface area contributed by atoms with Crippen molar-refractivity contribution in [3.8, 4) is 0 Å². The zero-order chi connectivity index (χ0) is 12.4. The Labute approximate surface area is 98.4 Å². The third-order valence-corrected chi connectivity index (χ3v) is 1.71. The molecule has 0 atom stereocenters. The summed E-state index contributed by atoms with van der Waals surface area (Å²) in [6.07, 6.45) is 0. The van der Waals surface area contributed by atoms with E-state index in [1.165, 1.54) is 0 Å². The van der Waals surface area contributed by atoms with Crippen LogP contribution in [0, 0.1) is 0 Å². The first-order chi connectivity index (χ1) is 7.57. The van der Waals surface area contributed by atoms with Gasteiger partial charge < -0.3 is 21.1 Å². The maximum Gasteiger partial charge on any atom is 0.322 e. The summed E-state index contributed by atoms with van der Waals surface area (Å²) in [5, 5.41) is 15.5. The molecule has 4 N–H and O–H groups in total. The first kappa shape index (κ1) is 14.7. The van der Waals surface area contributed by atoms with Crippen LogP contribution < -0.4 is 16.0 Å². The van der Waals surface area contributed by atoms with Gasteiger partial charge in [0.25, 0.3) is 0 Å². The second kappa shape index (κ2) is 8.98. The van der Waals surface area contributed by atoms with Crippen molar-refractivity contribution >= 4 is 30.4 Å². The van der Waals surface area contributed by atoms with E-state index in [1.54, 1.807) is 0 Å². The molecular weight excluding hydrogens is 234 g/mol. The highest BCUT2D eigenvalue weighted by atomic mass is 32.1. The molecule has 8 heteroatoms. The molecule has 0 spiro atoms. The van der Waals surface area contributed by atoms with Gasteiger partial charge >= 0.3 is 17.8 Å². The third kappa shape index (κ3) is 8.06. The second-order valence-corrected chi connectivity index (χ2v) is 3.25. The molecule has 0 aromatic rings. The first-order valence-corrected chi connectivity index (χ1v) is 5.30. The van der Waals surface area contributed by atoms with Crippen LogP contribution in [0.5, 0.6) is 0 Å². The summed E-state index contributed by atoms with van der Waals surface area (Å²) in [6.45, 7) is 0.972. The van der Waals surface area contributed by atoms with Crippen LogP contribution in [0.15, 0.2) is 0 Å². The smallest absolute Gasteiger partial charge is 0.322 e.